The topological polar surface area (TPSA) is 63.9 Å². The van der Waals surface area contributed by atoms with Crippen LogP contribution in [0.5, 0.6) is 0 Å². The van der Waals surface area contributed by atoms with Gasteiger partial charge >= 0.3 is 6.18 Å². The Morgan fingerprint density at radius 3 is 2.44 bits per heavy atom. The zero-order valence-electron chi connectivity index (χ0n) is 20.0. The summed E-state index contributed by atoms with van der Waals surface area (Å²) in [5, 5.41) is 3.69. The van der Waals surface area contributed by atoms with Crippen molar-refractivity contribution in [2.75, 3.05) is 4.90 Å². The molecule has 1 amide bonds. The Bertz CT molecular complexity index is 1440. The predicted octanol–water partition coefficient (Wildman–Crippen LogP) is 5.87. The molecule has 0 fully saturated rings. The highest BCUT2D eigenvalue weighted by molar-refractivity contribution is 6.00. The molecule has 0 N–H and O–H groups in total. The van der Waals surface area contributed by atoms with Crippen LogP contribution in [0.15, 0.2) is 60.8 Å². The first-order valence-corrected chi connectivity index (χ1v) is 11.6. The Hall–Kier alpha value is -4.01. The van der Waals surface area contributed by atoms with E-state index in [9.17, 15) is 18.0 Å². The number of hydrogen-bond donors (Lipinski definition) is 0. The van der Waals surface area contributed by atoms with E-state index < -0.39 is 11.9 Å². The number of nitrogens with zero attached hydrogens (tertiary/aromatic N) is 5. The van der Waals surface area contributed by atoms with Gasteiger partial charge in [0, 0.05) is 23.0 Å². The molecule has 3 heterocycles. The molecule has 36 heavy (non-hydrogen) atoms. The SMILES string of the molecule is Cc1cc(C(F)(F)F)nn1-c1ccc(CN2C(=O)Cc3cnc(-c4ccccc4C(C)C)nc32)cc1. The number of amides is 1. The lowest BCUT2D eigenvalue weighted by atomic mass is 9.97. The van der Waals surface area contributed by atoms with Gasteiger partial charge in [0.25, 0.3) is 0 Å². The molecule has 2 aromatic carbocycles. The summed E-state index contributed by atoms with van der Waals surface area (Å²) in [5.41, 5.74) is 3.62. The molecule has 0 bridgehead atoms. The zero-order chi connectivity index (χ0) is 25.6. The van der Waals surface area contributed by atoms with Gasteiger partial charge in [0.15, 0.2) is 11.5 Å². The maximum Gasteiger partial charge on any atom is 0.435 e. The summed E-state index contributed by atoms with van der Waals surface area (Å²) in [5.74, 6) is 1.38. The Labute approximate surface area is 206 Å². The average molecular weight is 492 g/mol. The zero-order valence-corrected chi connectivity index (χ0v) is 20.0. The van der Waals surface area contributed by atoms with Crippen LogP contribution < -0.4 is 4.90 Å². The second-order valence-corrected chi connectivity index (χ2v) is 9.19. The van der Waals surface area contributed by atoms with Crippen molar-refractivity contribution in [3.05, 3.63) is 88.9 Å². The number of aryl methyl sites for hydroxylation is 1. The van der Waals surface area contributed by atoms with Crippen molar-refractivity contribution >= 4 is 11.7 Å². The molecule has 1 aliphatic rings. The van der Waals surface area contributed by atoms with Gasteiger partial charge < -0.3 is 0 Å². The van der Waals surface area contributed by atoms with Gasteiger partial charge in [-0.3, -0.25) is 9.69 Å². The fourth-order valence-corrected chi connectivity index (χ4v) is 4.43. The van der Waals surface area contributed by atoms with E-state index in [1.807, 2.05) is 18.2 Å². The Morgan fingerprint density at radius 2 is 1.78 bits per heavy atom. The summed E-state index contributed by atoms with van der Waals surface area (Å²) in [6.45, 7) is 6.09. The minimum absolute atomic E-state index is 0.0737. The molecule has 0 atom stereocenters. The van der Waals surface area contributed by atoms with Crippen LogP contribution in [0.2, 0.25) is 0 Å². The lowest BCUT2D eigenvalue weighted by molar-refractivity contribution is -0.141. The van der Waals surface area contributed by atoms with Gasteiger partial charge in [0.05, 0.1) is 18.7 Å². The maximum atomic E-state index is 13.0. The minimum Gasteiger partial charge on any atom is -0.292 e. The van der Waals surface area contributed by atoms with E-state index in [1.165, 1.54) is 4.68 Å². The van der Waals surface area contributed by atoms with Crippen molar-refractivity contribution in [1.82, 2.24) is 19.7 Å². The van der Waals surface area contributed by atoms with Crippen molar-refractivity contribution in [3.8, 4) is 17.1 Å². The van der Waals surface area contributed by atoms with E-state index in [4.69, 9.17) is 4.98 Å². The standard InChI is InChI=1S/C27H24F3N5O/c1-16(2)21-6-4-5-7-22(21)25-31-14-19-13-24(36)34(26(19)32-25)15-18-8-10-20(11-9-18)35-17(3)12-23(33-35)27(28,29)30/h4-12,14,16H,13,15H2,1-3H3. The smallest absolute Gasteiger partial charge is 0.292 e. The number of carbonyl (C=O) groups excluding carboxylic acids is 1. The number of rotatable bonds is 5. The molecule has 6 nitrogen and oxygen atoms in total. The predicted molar refractivity (Wildman–Crippen MR) is 130 cm³/mol. The van der Waals surface area contributed by atoms with Crippen molar-refractivity contribution in [1.29, 1.82) is 0 Å². The fraction of sp³-hybridized carbons (Fsp3) is 0.259. The van der Waals surface area contributed by atoms with Crippen LogP contribution >= 0.6 is 0 Å². The van der Waals surface area contributed by atoms with Crippen molar-refractivity contribution < 1.29 is 18.0 Å². The van der Waals surface area contributed by atoms with Gasteiger partial charge in [0.2, 0.25) is 5.91 Å². The molecule has 184 valence electrons. The largest absolute Gasteiger partial charge is 0.435 e. The first kappa shape index (κ1) is 23.7. The summed E-state index contributed by atoms with van der Waals surface area (Å²) in [7, 11) is 0. The van der Waals surface area contributed by atoms with Gasteiger partial charge in [-0.05, 0) is 42.2 Å². The normalized spacial score (nSPS) is 13.5. The number of aromatic nitrogens is 4. The van der Waals surface area contributed by atoms with Crippen LogP contribution in [0.25, 0.3) is 17.1 Å². The van der Waals surface area contributed by atoms with Gasteiger partial charge in [-0.15, -0.1) is 0 Å². The minimum atomic E-state index is -4.50. The molecule has 0 radical (unpaired) electrons. The van der Waals surface area contributed by atoms with Crippen molar-refractivity contribution in [2.24, 2.45) is 0 Å². The molecule has 0 unspecified atom stereocenters. The molecule has 0 saturated heterocycles. The van der Waals surface area contributed by atoms with Crippen LogP contribution in [0.1, 0.15) is 47.8 Å². The number of fused-ring (bicyclic) bond motifs is 1. The number of halogens is 3. The van der Waals surface area contributed by atoms with Gasteiger partial charge in [-0.25, -0.2) is 14.6 Å². The molecule has 5 rings (SSSR count). The summed E-state index contributed by atoms with van der Waals surface area (Å²) in [6, 6.07) is 15.9. The highest BCUT2D eigenvalue weighted by Crippen LogP contribution is 2.33. The van der Waals surface area contributed by atoms with Gasteiger partial charge in [-0.1, -0.05) is 50.2 Å². The maximum absolute atomic E-state index is 13.0. The molecular formula is C27H24F3N5O. The Kier molecular flexibility index (Phi) is 5.86. The first-order chi connectivity index (χ1) is 17.1. The number of carbonyl (C=O) groups is 1. The van der Waals surface area contributed by atoms with E-state index >= 15 is 0 Å². The number of benzene rings is 2. The molecule has 2 aromatic heterocycles. The van der Waals surface area contributed by atoms with Crippen LogP contribution in [0.3, 0.4) is 0 Å². The molecule has 0 aliphatic carbocycles. The highest BCUT2D eigenvalue weighted by atomic mass is 19.4. The Balaban J connectivity index is 1.42. The number of alkyl halides is 3. The second-order valence-electron chi connectivity index (χ2n) is 9.19. The third kappa shape index (κ3) is 4.36. The van der Waals surface area contributed by atoms with E-state index in [0.717, 1.165) is 28.3 Å². The molecule has 0 saturated carbocycles. The molecule has 4 aromatic rings. The van der Waals surface area contributed by atoms with Gasteiger partial charge in [0.1, 0.15) is 5.82 Å². The number of hydrogen-bond acceptors (Lipinski definition) is 4. The van der Waals surface area contributed by atoms with E-state index in [0.29, 0.717) is 35.5 Å². The van der Waals surface area contributed by atoms with Crippen LogP contribution in [-0.2, 0) is 23.9 Å². The van der Waals surface area contributed by atoms with E-state index in [1.54, 1.807) is 42.3 Å². The Morgan fingerprint density at radius 1 is 1.06 bits per heavy atom. The molecule has 1 aliphatic heterocycles. The molecule has 9 heteroatoms. The molecule has 0 spiro atoms. The summed E-state index contributed by atoms with van der Waals surface area (Å²) in [4.78, 5) is 23.8. The number of anilines is 1. The monoisotopic (exact) mass is 491 g/mol. The lowest BCUT2D eigenvalue weighted by Crippen LogP contribution is -2.26. The van der Waals surface area contributed by atoms with Crippen LogP contribution in [0, 0.1) is 6.92 Å². The van der Waals surface area contributed by atoms with E-state index in [-0.39, 0.29) is 12.3 Å². The summed E-state index contributed by atoms with van der Waals surface area (Å²) in [6.07, 6.45) is -2.56. The van der Waals surface area contributed by atoms with Crippen molar-refractivity contribution in [3.63, 3.8) is 0 Å². The van der Waals surface area contributed by atoms with Crippen LogP contribution in [0.4, 0.5) is 19.0 Å². The van der Waals surface area contributed by atoms with Crippen molar-refractivity contribution in [2.45, 2.75) is 45.8 Å². The summed E-state index contributed by atoms with van der Waals surface area (Å²) >= 11 is 0. The lowest BCUT2D eigenvalue weighted by Gasteiger charge is -2.18. The van der Waals surface area contributed by atoms with E-state index in [2.05, 4.69) is 30.0 Å². The molecular weight excluding hydrogens is 467 g/mol. The van der Waals surface area contributed by atoms with Crippen LogP contribution in [-0.4, -0.2) is 25.7 Å². The second kappa shape index (κ2) is 8.89. The third-order valence-corrected chi connectivity index (χ3v) is 6.26. The first-order valence-electron chi connectivity index (χ1n) is 11.6. The quantitative estimate of drug-likeness (QED) is 0.350. The van der Waals surface area contributed by atoms with Gasteiger partial charge in [-0.2, -0.15) is 18.3 Å². The fourth-order valence-electron chi connectivity index (χ4n) is 4.43. The average Bonchev–Trinajstić information content (AvgIpc) is 3.39. The summed E-state index contributed by atoms with van der Waals surface area (Å²) < 4.78 is 40.3. The highest BCUT2D eigenvalue weighted by Gasteiger charge is 2.34. The third-order valence-electron chi connectivity index (χ3n) is 6.26.